The highest BCUT2D eigenvalue weighted by molar-refractivity contribution is 6.00. The van der Waals surface area contributed by atoms with Crippen LogP contribution in [0.4, 0.5) is 15.9 Å². The second-order valence-corrected chi connectivity index (χ2v) is 9.51. The molecule has 1 spiro atoms. The third-order valence-corrected chi connectivity index (χ3v) is 7.04. The van der Waals surface area contributed by atoms with Gasteiger partial charge in [0.25, 0.3) is 0 Å². The standard InChI is InChI=1S/C26H28FN5O4/c1-2-35-25(34)18-14-26(15-18)8-10-32(11-9-26)21-7-6-20(16-28-21)29-23(33)24-31-30-22(36-24)13-17-4-3-5-19(27)12-17/h3-7,12,16,18H,2,8-11,13-15H2,1H3,(H,29,33). The van der Waals surface area contributed by atoms with Gasteiger partial charge in [-0.15, -0.1) is 10.2 Å². The predicted molar refractivity (Wildman–Crippen MR) is 129 cm³/mol. The molecule has 1 aliphatic heterocycles. The van der Waals surface area contributed by atoms with Crippen LogP contribution in [-0.2, 0) is 16.0 Å². The molecule has 0 unspecified atom stereocenters. The summed E-state index contributed by atoms with van der Waals surface area (Å²) in [4.78, 5) is 31.2. The van der Waals surface area contributed by atoms with Gasteiger partial charge in [-0.2, -0.15) is 0 Å². The van der Waals surface area contributed by atoms with E-state index in [-0.39, 0.29) is 41.3 Å². The Morgan fingerprint density at radius 3 is 2.69 bits per heavy atom. The average Bonchev–Trinajstić information content (AvgIpc) is 3.32. The quantitative estimate of drug-likeness (QED) is 0.492. The van der Waals surface area contributed by atoms with E-state index in [2.05, 4.69) is 25.4 Å². The molecule has 36 heavy (non-hydrogen) atoms. The maximum absolute atomic E-state index is 13.4. The van der Waals surface area contributed by atoms with Crippen LogP contribution in [0.15, 0.2) is 47.0 Å². The Hall–Kier alpha value is -3.82. The van der Waals surface area contributed by atoms with Crippen LogP contribution in [0.5, 0.6) is 0 Å². The smallest absolute Gasteiger partial charge is 0.313 e. The molecule has 3 heterocycles. The number of piperidine rings is 1. The van der Waals surface area contributed by atoms with Gasteiger partial charge in [-0.1, -0.05) is 12.1 Å². The van der Waals surface area contributed by atoms with Gasteiger partial charge >= 0.3 is 17.8 Å². The summed E-state index contributed by atoms with van der Waals surface area (Å²) in [5.41, 5.74) is 1.43. The Labute approximate surface area is 208 Å². The second-order valence-electron chi connectivity index (χ2n) is 9.51. The van der Waals surface area contributed by atoms with Crippen LogP contribution < -0.4 is 10.2 Å². The molecule has 0 atom stereocenters. The number of ether oxygens (including phenoxy) is 1. The number of amides is 1. The zero-order chi connectivity index (χ0) is 25.1. The minimum Gasteiger partial charge on any atom is -0.466 e. The third kappa shape index (κ3) is 5.22. The average molecular weight is 494 g/mol. The van der Waals surface area contributed by atoms with E-state index in [0.717, 1.165) is 44.6 Å². The molecule has 1 aliphatic carbocycles. The number of halogens is 1. The van der Waals surface area contributed by atoms with Gasteiger partial charge in [0.2, 0.25) is 5.89 Å². The fourth-order valence-corrected chi connectivity index (χ4v) is 5.10. The third-order valence-electron chi connectivity index (χ3n) is 7.04. The molecule has 1 aromatic carbocycles. The highest BCUT2D eigenvalue weighted by Crippen LogP contribution is 2.53. The number of benzene rings is 1. The van der Waals surface area contributed by atoms with Crippen molar-refractivity contribution in [1.82, 2.24) is 15.2 Å². The molecule has 1 saturated heterocycles. The lowest BCUT2D eigenvalue weighted by Gasteiger charge is -2.51. The molecule has 1 N–H and O–H groups in total. The molecule has 0 bridgehead atoms. The van der Waals surface area contributed by atoms with Crippen LogP contribution in [0, 0.1) is 17.2 Å². The van der Waals surface area contributed by atoms with Crippen molar-refractivity contribution in [3.63, 3.8) is 0 Å². The number of nitrogens with zero attached hydrogens (tertiary/aromatic N) is 4. The molecule has 2 fully saturated rings. The van der Waals surface area contributed by atoms with Gasteiger partial charge in [-0.05, 0) is 67.9 Å². The van der Waals surface area contributed by atoms with Crippen molar-refractivity contribution in [2.24, 2.45) is 11.3 Å². The summed E-state index contributed by atoms with van der Waals surface area (Å²) in [6.45, 7) is 4.03. The van der Waals surface area contributed by atoms with E-state index in [1.165, 1.54) is 12.1 Å². The highest BCUT2D eigenvalue weighted by Gasteiger charge is 2.49. The molecule has 10 heteroatoms. The van der Waals surface area contributed by atoms with Gasteiger partial charge in [-0.3, -0.25) is 9.59 Å². The summed E-state index contributed by atoms with van der Waals surface area (Å²) in [7, 11) is 0. The Morgan fingerprint density at radius 2 is 2.00 bits per heavy atom. The maximum Gasteiger partial charge on any atom is 0.313 e. The van der Waals surface area contributed by atoms with Crippen LogP contribution in [-0.4, -0.2) is 46.8 Å². The Balaban J connectivity index is 1.12. The van der Waals surface area contributed by atoms with Crippen molar-refractivity contribution in [3.8, 4) is 0 Å². The van der Waals surface area contributed by atoms with Gasteiger partial charge in [0.1, 0.15) is 11.6 Å². The van der Waals surface area contributed by atoms with E-state index < -0.39 is 5.91 Å². The number of aromatic nitrogens is 3. The summed E-state index contributed by atoms with van der Waals surface area (Å²) in [5.74, 6) is -0.00362. The van der Waals surface area contributed by atoms with Crippen molar-refractivity contribution >= 4 is 23.4 Å². The predicted octanol–water partition coefficient (Wildman–Crippen LogP) is 4.01. The largest absolute Gasteiger partial charge is 0.466 e. The maximum atomic E-state index is 13.4. The van der Waals surface area contributed by atoms with E-state index in [1.807, 2.05) is 13.0 Å². The molecular weight excluding hydrogens is 465 g/mol. The number of rotatable bonds is 7. The normalized spacial score (nSPS) is 17.0. The fourth-order valence-electron chi connectivity index (χ4n) is 5.10. The SMILES string of the molecule is CCOC(=O)C1CC2(CCN(c3ccc(NC(=O)c4nnc(Cc5cccc(F)c5)o4)cn3)CC2)C1. The van der Waals surface area contributed by atoms with Crippen molar-refractivity contribution < 1.29 is 23.1 Å². The molecule has 0 radical (unpaired) electrons. The minimum atomic E-state index is -0.538. The molecule has 1 amide bonds. The lowest BCUT2D eigenvalue weighted by molar-refractivity contribution is -0.157. The van der Waals surface area contributed by atoms with E-state index >= 15 is 0 Å². The number of esters is 1. The number of carbonyl (C=O) groups is 2. The zero-order valence-electron chi connectivity index (χ0n) is 20.1. The van der Waals surface area contributed by atoms with Crippen molar-refractivity contribution in [1.29, 1.82) is 0 Å². The molecule has 1 saturated carbocycles. The van der Waals surface area contributed by atoms with Gasteiger partial charge < -0.3 is 19.4 Å². The van der Waals surface area contributed by atoms with Crippen LogP contribution >= 0.6 is 0 Å². The molecule has 2 aliphatic rings. The molecule has 9 nitrogen and oxygen atoms in total. The van der Waals surface area contributed by atoms with Gasteiger partial charge in [0.15, 0.2) is 0 Å². The lowest BCUT2D eigenvalue weighted by Crippen LogP contribution is -2.49. The van der Waals surface area contributed by atoms with Crippen LogP contribution in [0.25, 0.3) is 0 Å². The highest BCUT2D eigenvalue weighted by atomic mass is 19.1. The first-order valence-electron chi connectivity index (χ1n) is 12.2. The van der Waals surface area contributed by atoms with E-state index in [4.69, 9.17) is 9.15 Å². The van der Waals surface area contributed by atoms with Crippen molar-refractivity contribution in [2.45, 2.75) is 39.0 Å². The number of hydrogen-bond acceptors (Lipinski definition) is 8. The molecular formula is C26H28FN5O4. The molecule has 188 valence electrons. The summed E-state index contributed by atoms with van der Waals surface area (Å²) < 4.78 is 23.9. The fraction of sp³-hybridized carbons (Fsp3) is 0.423. The summed E-state index contributed by atoms with van der Waals surface area (Å²) in [6.07, 6.45) is 5.71. The monoisotopic (exact) mass is 493 g/mol. The topological polar surface area (TPSA) is 110 Å². The van der Waals surface area contributed by atoms with Crippen LogP contribution in [0.2, 0.25) is 0 Å². The summed E-state index contributed by atoms with van der Waals surface area (Å²) in [6, 6.07) is 9.74. The molecule has 2 aromatic heterocycles. The summed E-state index contributed by atoms with van der Waals surface area (Å²) >= 11 is 0. The van der Waals surface area contributed by atoms with E-state index in [9.17, 15) is 14.0 Å². The number of anilines is 2. The lowest BCUT2D eigenvalue weighted by atomic mass is 9.57. The first kappa shape index (κ1) is 23.9. The zero-order valence-corrected chi connectivity index (χ0v) is 20.1. The first-order chi connectivity index (χ1) is 17.4. The van der Waals surface area contributed by atoms with Gasteiger partial charge in [0.05, 0.1) is 30.8 Å². The summed E-state index contributed by atoms with van der Waals surface area (Å²) in [5, 5.41) is 10.4. The second kappa shape index (κ2) is 10.0. The first-order valence-corrected chi connectivity index (χ1v) is 12.2. The number of pyridine rings is 1. The van der Waals surface area contributed by atoms with Crippen molar-refractivity contribution in [2.75, 3.05) is 29.9 Å². The molecule has 3 aromatic rings. The minimum absolute atomic E-state index is 0.0498. The van der Waals surface area contributed by atoms with E-state index in [0.29, 0.717) is 17.9 Å². The number of carbonyl (C=O) groups excluding carboxylic acids is 2. The van der Waals surface area contributed by atoms with Crippen molar-refractivity contribution in [3.05, 3.63) is 65.8 Å². The van der Waals surface area contributed by atoms with Gasteiger partial charge in [-0.25, -0.2) is 9.37 Å². The Bertz CT molecular complexity index is 1230. The van der Waals surface area contributed by atoms with E-state index in [1.54, 1.807) is 24.4 Å². The number of hydrogen-bond donors (Lipinski definition) is 1. The van der Waals surface area contributed by atoms with Crippen LogP contribution in [0.3, 0.4) is 0 Å². The van der Waals surface area contributed by atoms with Crippen LogP contribution in [0.1, 0.15) is 54.7 Å². The Kier molecular flexibility index (Phi) is 6.67. The molecule has 5 rings (SSSR count). The van der Waals surface area contributed by atoms with Gasteiger partial charge in [0, 0.05) is 13.1 Å². The Morgan fingerprint density at radius 1 is 1.19 bits per heavy atom. The number of nitrogens with one attached hydrogen (secondary N) is 1.